The predicted molar refractivity (Wildman–Crippen MR) is 39.8 cm³/mol. The average molecular weight is 155 g/mol. The van der Waals surface area contributed by atoms with Crippen molar-refractivity contribution in [2.24, 2.45) is 5.92 Å². The van der Waals surface area contributed by atoms with Gasteiger partial charge in [-0.05, 0) is 18.8 Å². The fourth-order valence-corrected chi connectivity index (χ4v) is 1.26. The van der Waals surface area contributed by atoms with Gasteiger partial charge in [0.25, 0.3) is 0 Å². The van der Waals surface area contributed by atoms with Gasteiger partial charge in [0.05, 0.1) is 0 Å². The number of hydrogen-bond acceptors (Lipinski definition) is 0. The van der Waals surface area contributed by atoms with Gasteiger partial charge in [0.2, 0.25) is 0 Å². The Morgan fingerprint density at radius 2 is 1.50 bits per heavy atom. The van der Waals surface area contributed by atoms with Crippen LogP contribution in [0.15, 0.2) is 0 Å². The Balaban J connectivity index is 2.92. The minimum atomic E-state index is 0.699. The molecule has 0 aromatic rings. The molecular weight excluding hydrogens is 143 g/mol. The van der Waals surface area contributed by atoms with E-state index in [9.17, 15) is 0 Å². The molecule has 0 atom stereocenters. The highest BCUT2D eigenvalue weighted by molar-refractivity contribution is 6.18. The second kappa shape index (κ2) is 5.71. The standard InChI is InChI=1S/C6H12Cl2/c1-6(2-4-7)3-5-8/h6H,2-5H2,1H3. The van der Waals surface area contributed by atoms with Crippen LogP contribution in [0.2, 0.25) is 0 Å². The molecule has 0 aliphatic carbocycles. The van der Waals surface area contributed by atoms with Crippen molar-refractivity contribution in [3.63, 3.8) is 0 Å². The van der Waals surface area contributed by atoms with Gasteiger partial charge in [-0.1, -0.05) is 6.92 Å². The molecule has 0 aromatic heterocycles. The Kier molecular flexibility index (Phi) is 6.13. The van der Waals surface area contributed by atoms with Gasteiger partial charge in [-0.3, -0.25) is 0 Å². The second-order valence-corrected chi connectivity index (χ2v) is 2.82. The molecule has 0 bridgehead atoms. The molecule has 0 aliphatic rings. The normalized spacial score (nSPS) is 10.5. The highest BCUT2D eigenvalue weighted by Gasteiger charge is 1.97. The van der Waals surface area contributed by atoms with E-state index in [0.717, 1.165) is 24.6 Å². The Morgan fingerprint density at radius 1 is 1.12 bits per heavy atom. The molecule has 0 rings (SSSR count). The third kappa shape index (κ3) is 4.73. The molecule has 0 radical (unpaired) electrons. The molecule has 0 amide bonds. The van der Waals surface area contributed by atoms with Crippen LogP contribution in [0.1, 0.15) is 19.8 Å². The van der Waals surface area contributed by atoms with Gasteiger partial charge in [0.15, 0.2) is 0 Å². The average Bonchev–Trinajstić information content (AvgIpc) is 1.68. The maximum Gasteiger partial charge on any atom is 0.0225 e. The summed E-state index contributed by atoms with van der Waals surface area (Å²) in [7, 11) is 0. The Hall–Kier alpha value is 0.580. The van der Waals surface area contributed by atoms with Crippen molar-refractivity contribution in [3.8, 4) is 0 Å². The lowest BCUT2D eigenvalue weighted by Gasteiger charge is -2.03. The summed E-state index contributed by atoms with van der Waals surface area (Å²) in [5.74, 6) is 2.22. The molecule has 8 heavy (non-hydrogen) atoms. The van der Waals surface area contributed by atoms with Crippen molar-refractivity contribution in [2.45, 2.75) is 19.8 Å². The van der Waals surface area contributed by atoms with Crippen molar-refractivity contribution in [3.05, 3.63) is 0 Å². The van der Waals surface area contributed by atoms with E-state index in [2.05, 4.69) is 6.92 Å². The fourth-order valence-electron chi connectivity index (χ4n) is 0.517. The molecule has 0 aliphatic heterocycles. The van der Waals surface area contributed by atoms with Crippen LogP contribution in [-0.2, 0) is 0 Å². The van der Waals surface area contributed by atoms with Gasteiger partial charge in [0.1, 0.15) is 0 Å². The van der Waals surface area contributed by atoms with Crippen LogP contribution in [0.3, 0.4) is 0 Å². The van der Waals surface area contributed by atoms with E-state index in [4.69, 9.17) is 23.2 Å². The molecule has 0 heterocycles. The van der Waals surface area contributed by atoms with Crippen LogP contribution in [0.4, 0.5) is 0 Å². The lowest BCUT2D eigenvalue weighted by Crippen LogP contribution is -1.95. The molecule has 0 saturated heterocycles. The van der Waals surface area contributed by atoms with Gasteiger partial charge in [-0.15, -0.1) is 23.2 Å². The molecule has 0 unspecified atom stereocenters. The minimum Gasteiger partial charge on any atom is -0.127 e. The number of rotatable bonds is 4. The van der Waals surface area contributed by atoms with Gasteiger partial charge in [-0.2, -0.15) is 0 Å². The number of hydrogen-bond donors (Lipinski definition) is 0. The van der Waals surface area contributed by atoms with Crippen LogP contribution < -0.4 is 0 Å². The zero-order valence-corrected chi connectivity index (χ0v) is 6.67. The van der Waals surface area contributed by atoms with Crippen LogP contribution in [-0.4, -0.2) is 11.8 Å². The van der Waals surface area contributed by atoms with Crippen LogP contribution in [0.25, 0.3) is 0 Å². The van der Waals surface area contributed by atoms with E-state index in [-0.39, 0.29) is 0 Å². The summed E-state index contributed by atoms with van der Waals surface area (Å²) >= 11 is 11.0. The summed E-state index contributed by atoms with van der Waals surface area (Å²) in [5.41, 5.74) is 0. The molecule has 0 spiro atoms. The maximum absolute atomic E-state index is 5.49. The number of halogens is 2. The Bertz CT molecular complexity index is 39.8. The van der Waals surface area contributed by atoms with Gasteiger partial charge < -0.3 is 0 Å². The van der Waals surface area contributed by atoms with E-state index in [1.54, 1.807) is 0 Å². The summed E-state index contributed by atoms with van der Waals surface area (Å²) in [6, 6.07) is 0. The van der Waals surface area contributed by atoms with Crippen molar-refractivity contribution in [1.29, 1.82) is 0 Å². The molecule has 0 saturated carbocycles. The number of alkyl halides is 2. The third-order valence-electron chi connectivity index (χ3n) is 1.20. The first-order valence-electron chi connectivity index (χ1n) is 2.93. The van der Waals surface area contributed by atoms with Crippen LogP contribution in [0.5, 0.6) is 0 Å². The lowest BCUT2D eigenvalue weighted by atomic mass is 10.1. The second-order valence-electron chi connectivity index (χ2n) is 2.06. The summed E-state index contributed by atoms with van der Waals surface area (Å²) in [6.07, 6.45) is 2.18. The fraction of sp³-hybridized carbons (Fsp3) is 1.00. The molecule has 0 aromatic carbocycles. The SMILES string of the molecule is CC(CCCl)CCCl. The summed E-state index contributed by atoms with van der Waals surface area (Å²) in [4.78, 5) is 0. The Morgan fingerprint density at radius 3 is 1.75 bits per heavy atom. The van der Waals surface area contributed by atoms with E-state index in [1.165, 1.54) is 0 Å². The van der Waals surface area contributed by atoms with Crippen molar-refractivity contribution in [1.82, 2.24) is 0 Å². The zero-order valence-electron chi connectivity index (χ0n) is 5.16. The largest absolute Gasteiger partial charge is 0.127 e. The highest BCUT2D eigenvalue weighted by Crippen LogP contribution is 2.08. The van der Waals surface area contributed by atoms with Gasteiger partial charge >= 0.3 is 0 Å². The molecule has 50 valence electrons. The van der Waals surface area contributed by atoms with Crippen molar-refractivity contribution < 1.29 is 0 Å². The summed E-state index contributed by atoms with van der Waals surface area (Å²) < 4.78 is 0. The first-order chi connectivity index (χ1) is 3.81. The lowest BCUT2D eigenvalue weighted by molar-refractivity contribution is 0.550. The quantitative estimate of drug-likeness (QED) is 0.547. The van der Waals surface area contributed by atoms with E-state index in [0.29, 0.717) is 5.92 Å². The maximum atomic E-state index is 5.49. The topological polar surface area (TPSA) is 0 Å². The van der Waals surface area contributed by atoms with E-state index >= 15 is 0 Å². The molecular formula is C6H12Cl2. The molecule has 0 N–H and O–H groups in total. The molecule has 2 heteroatoms. The van der Waals surface area contributed by atoms with Crippen LogP contribution >= 0.6 is 23.2 Å². The van der Waals surface area contributed by atoms with Crippen molar-refractivity contribution >= 4 is 23.2 Å². The minimum absolute atomic E-state index is 0.699. The van der Waals surface area contributed by atoms with Gasteiger partial charge in [0, 0.05) is 11.8 Å². The van der Waals surface area contributed by atoms with Crippen molar-refractivity contribution in [2.75, 3.05) is 11.8 Å². The summed E-state index contributed by atoms with van der Waals surface area (Å²) in [5, 5.41) is 0. The third-order valence-corrected chi connectivity index (χ3v) is 1.64. The van der Waals surface area contributed by atoms with Crippen LogP contribution in [0, 0.1) is 5.92 Å². The predicted octanol–water partition coefficient (Wildman–Crippen LogP) is 2.88. The van der Waals surface area contributed by atoms with E-state index in [1.807, 2.05) is 0 Å². The monoisotopic (exact) mass is 154 g/mol. The van der Waals surface area contributed by atoms with E-state index < -0.39 is 0 Å². The first kappa shape index (κ1) is 8.58. The smallest absolute Gasteiger partial charge is 0.0225 e. The molecule has 0 nitrogen and oxygen atoms in total. The highest BCUT2D eigenvalue weighted by atomic mass is 35.5. The summed E-state index contributed by atoms with van der Waals surface area (Å²) in [6.45, 7) is 2.17. The zero-order chi connectivity index (χ0) is 6.41. The van der Waals surface area contributed by atoms with Gasteiger partial charge in [-0.25, -0.2) is 0 Å². The molecule has 0 fully saturated rings. The Labute approximate surface area is 61.2 Å². The first-order valence-corrected chi connectivity index (χ1v) is 4.00.